The fraction of sp³-hybridized carbons (Fsp3) is 0.150. The van der Waals surface area contributed by atoms with Crippen molar-refractivity contribution in [2.75, 3.05) is 6.61 Å². The van der Waals surface area contributed by atoms with Gasteiger partial charge in [0.15, 0.2) is 12.3 Å². The largest absolute Gasteiger partial charge is 0.479 e. The molecular formula is C20H16N2O3. The van der Waals surface area contributed by atoms with E-state index in [0.29, 0.717) is 11.6 Å². The number of aryl methyl sites for hydroxylation is 2. The van der Waals surface area contributed by atoms with Gasteiger partial charge >= 0.3 is 5.97 Å². The maximum Gasteiger partial charge on any atom is 0.363 e. The quantitative estimate of drug-likeness (QED) is 0.634. The maximum atomic E-state index is 12.1. The molecule has 5 heteroatoms. The van der Waals surface area contributed by atoms with E-state index in [1.54, 1.807) is 24.3 Å². The number of rotatable bonds is 4. The van der Waals surface area contributed by atoms with Gasteiger partial charge in [0.2, 0.25) is 5.90 Å². The predicted molar refractivity (Wildman–Crippen MR) is 94.1 cm³/mol. The summed E-state index contributed by atoms with van der Waals surface area (Å²) in [5.74, 6) is 0.373. The number of carbonyl (C=O) groups is 1. The van der Waals surface area contributed by atoms with E-state index in [1.807, 2.05) is 44.2 Å². The van der Waals surface area contributed by atoms with Crippen molar-refractivity contribution in [3.8, 4) is 11.8 Å². The van der Waals surface area contributed by atoms with Crippen LogP contribution in [0.25, 0.3) is 6.08 Å². The van der Waals surface area contributed by atoms with E-state index >= 15 is 0 Å². The molecule has 0 atom stereocenters. The molecule has 0 saturated heterocycles. The molecule has 0 unspecified atom stereocenters. The zero-order valence-electron chi connectivity index (χ0n) is 13.9. The van der Waals surface area contributed by atoms with Crippen molar-refractivity contribution in [2.45, 2.75) is 13.8 Å². The van der Waals surface area contributed by atoms with Crippen LogP contribution in [0.2, 0.25) is 0 Å². The molecule has 5 nitrogen and oxygen atoms in total. The molecule has 0 fully saturated rings. The minimum atomic E-state index is -0.488. The third-order valence-electron chi connectivity index (χ3n) is 3.55. The SMILES string of the molecule is Cc1cc(C)cc(C2=N/C(=C\c3cccc(OCC#N)c3)C(=O)O2)c1. The molecule has 0 aromatic heterocycles. The third-order valence-corrected chi connectivity index (χ3v) is 3.55. The summed E-state index contributed by atoms with van der Waals surface area (Å²) in [6.45, 7) is 3.94. The van der Waals surface area contributed by atoms with Gasteiger partial charge in [-0.1, -0.05) is 29.3 Å². The molecule has 0 amide bonds. The van der Waals surface area contributed by atoms with E-state index < -0.39 is 5.97 Å². The summed E-state index contributed by atoms with van der Waals surface area (Å²) >= 11 is 0. The fourth-order valence-electron chi connectivity index (χ4n) is 2.60. The molecular weight excluding hydrogens is 316 g/mol. The van der Waals surface area contributed by atoms with Crippen LogP contribution in [0.3, 0.4) is 0 Å². The Morgan fingerprint density at radius 3 is 2.68 bits per heavy atom. The molecule has 0 bridgehead atoms. The van der Waals surface area contributed by atoms with Gasteiger partial charge in [-0.15, -0.1) is 0 Å². The molecule has 1 aliphatic rings. The highest BCUT2D eigenvalue weighted by Gasteiger charge is 2.24. The van der Waals surface area contributed by atoms with Crippen molar-refractivity contribution in [3.63, 3.8) is 0 Å². The number of cyclic esters (lactones) is 1. The summed E-state index contributed by atoms with van der Waals surface area (Å²) in [6, 6.07) is 14.9. The van der Waals surface area contributed by atoms with Gasteiger partial charge in [-0.25, -0.2) is 9.79 Å². The second-order valence-corrected chi connectivity index (χ2v) is 5.73. The number of esters is 1. The van der Waals surface area contributed by atoms with Crippen LogP contribution in [-0.2, 0) is 9.53 Å². The summed E-state index contributed by atoms with van der Waals surface area (Å²) in [6.07, 6.45) is 1.64. The van der Waals surface area contributed by atoms with E-state index in [-0.39, 0.29) is 12.3 Å². The van der Waals surface area contributed by atoms with Gasteiger partial charge in [0, 0.05) is 5.56 Å². The first-order valence-corrected chi connectivity index (χ1v) is 7.76. The average Bonchev–Trinajstić information content (AvgIpc) is 2.93. The van der Waals surface area contributed by atoms with Crippen molar-refractivity contribution in [3.05, 3.63) is 70.4 Å². The number of benzene rings is 2. The molecule has 0 spiro atoms. The minimum Gasteiger partial charge on any atom is -0.479 e. The van der Waals surface area contributed by atoms with Gasteiger partial charge in [-0.05, 0) is 49.8 Å². The first kappa shape index (κ1) is 16.5. The molecule has 0 aliphatic carbocycles. The molecule has 1 heterocycles. The van der Waals surface area contributed by atoms with Crippen LogP contribution < -0.4 is 4.74 Å². The van der Waals surface area contributed by atoms with Gasteiger partial charge in [0.1, 0.15) is 11.8 Å². The number of hydrogen-bond donors (Lipinski definition) is 0. The first-order chi connectivity index (χ1) is 12.0. The molecule has 0 saturated carbocycles. The van der Waals surface area contributed by atoms with Crippen LogP contribution in [0.4, 0.5) is 0 Å². The normalized spacial score (nSPS) is 14.8. The van der Waals surface area contributed by atoms with Gasteiger partial charge < -0.3 is 9.47 Å². The Hall–Kier alpha value is -3.39. The Balaban J connectivity index is 1.89. The van der Waals surface area contributed by atoms with Crippen LogP contribution in [0.15, 0.2) is 53.2 Å². The molecule has 2 aromatic rings. The van der Waals surface area contributed by atoms with Gasteiger partial charge in [-0.2, -0.15) is 5.26 Å². The Morgan fingerprint density at radius 1 is 1.20 bits per heavy atom. The number of nitriles is 1. The first-order valence-electron chi connectivity index (χ1n) is 7.76. The predicted octanol–water partition coefficient (Wildman–Crippen LogP) is 3.55. The van der Waals surface area contributed by atoms with Crippen LogP contribution in [-0.4, -0.2) is 18.5 Å². The molecule has 1 aliphatic heterocycles. The molecule has 0 N–H and O–H groups in total. The lowest BCUT2D eigenvalue weighted by Gasteiger charge is -2.03. The smallest absolute Gasteiger partial charge is 0.363 e. The minimum absolute atomic E-state index is 0.0307. The second-order valence-electron chi connectivity index (χ2n) is 5.73. The van der Waals surface area contributed by atoms with Crippen molar-refractivity contribution in [1.82, 2.24) is 0 Å². The second kappa shape index (κ2) is 7.02. The highest BCUT2D eigenvalue weighted by atomic mass is 16.6. The number of hydrogen-bond acceptors (Lipinski definition) is 5. The Kier molecular flexibility index (Phi) is 4.62. The lowest BCUT2D eigenvalue weighted by atomic mass is 10.1. The van der Waals surface area contributed by atoms with Gasteiger partial charge in [0.25, 0.3) is 0 Å². The van der Waals surface area contributed by atoms with E-state index in [1.165, 1.54) is 0 Å². The lowest BCUT2D eigenvalue weighted by molar-refractivity contribution is -0.129. The molecule has 0 radical (unpaired) electrons. The molecule has 3 rings (SSSR count). The molecule has 25 heavy (non-hydrogen) atoms. The van der Waals surface area contributed by atoms with Crippen LogP contribution in [0.1, 0.15) is 22.3 Å². The standard InChI is InChI=1S/C20H16N2O3/c1-13-8-14(2)10-16(9-13)19-22-18(20(23)25-19)12-15-4-3-5-17(11-15)24-7-6-21/h3-5,8-12H,7H2,1-2H3/b18-12-. The van der Waals surface area contributed by atoms with Crippen LogP contribution >= 0.6 is 0 Å². The van der Waals surface area contributed by atoms with Gasteiger partial charge in [-0.3, -0.25) is 0 Å². The van der Waals surface area contributed by atoms with E-state index in [9.17, 15) is 4.79 Å². The lowest BCUT2D eigenvalue weighted by Crippen LogP contribution is -2.05. The summed E-state index contributed by atoms with van der Waals surface area (Å²) < 4.78 is 10.6. The summed E-state index contributed by atoms with van der Waals surface area (Å²) in [4.78, 5) is 16.4. The van der Waals surface area contributed by atoms with Crippen molar-refractivity contribution >= 4 is 17.9 Å². The molecule has 2 aromatic carbocycles. The number of aliphatic imine (C=N–C) groups is 1. The third kappa shape index (κ3) is 3.93. The molecule has 124 valence electrons. The Bertz CT molecular complexity index is 916. The Labute approximate surface area is 145 Å². The van der Waals surface area contributed by atoms with Crippen molar-refractivity contribution in [1.29, 1.82) is 5.26 Å². The highest BCUT2D eigenvalue weighted by molar-refractivity contribution is 6.13. The van der Waals surface area contributed by atoms with Crippen LogP contribution in [0.5, 0.6) is 5.75 Å². The summed E-state index contributed by atoms with van der Waals surface area (Å²) in [7, 11) is 0. The summed E-state index contributed by atoms with van der Waals surface area (Å²) in [5, 5.41) is 8.57. The monoisotopic (exact) mass is 332 g/mol. The van der Waals surface area contributed by atoms with E-state index in [2.05, 4.69) is 4.99 Å². The number of ether oxygens (including phenoxy) is 2. The summed E-state index contributed by atoms with van der Waals surface area (Å²) in [5.41, 5.74) is 3.90. The van der Waals surface area contributed by atoms with Crippen molar-refractivity contribution < 1.29 is 14.3 Å². The Morgan fingerprint density at radius 2 is 1.96 bits per heavy atom. The van der Waals surface area contributed by atoms with Crippen LogP contribution in [0, 0.1) is 25.2 Å². The fourth-order valence-corrected chi connectivity index (χ4v) is 2.60. The van der Waals surface area contributed by atoms with E-state index in [4.69, 9.17) is 14.7 Å². The zero-order chi connectivity index (χ0) is 17.8. The number of nitrogens with zero attached hydrogens (tertiary/aromatic N) is 2. The van der Waals surface area contributed by atoms with E-state index in [0.717, 1.165) is 22.3 Å². The topological polar surface area (TPSA) is 71.7 Å². The zero-order valence-corrected chi connectivity index (χ0v) is 13.9. The maximum absolute atomic E-state index is 12.1. The average molecular weight is 332 g/mol. The number of carbonyl (C=O) groups excluding carboxylic acids is 1. The van der Waals surface area contributed by atoms with Gasteiger partial charge in [0.05, 0.1) is 0 Å². The highest BCUT2D eigenvalue weighted by Crippen LogP contribution is 2.22. The van der Waals surface area contributed by atoms with Crippen molar-refractivity contribution in [2.24, 2.45) is 4.99 Å².